The average molecular weight is 412 g/mol. The van der Waals surface area contributed by atoms with Crippen molar-refractivity contribution in [3.05, 3.63) is 23.6 Å². The molecule has 8 atom stereocenters. The molecule has 0 amide bonds. The molecule has 4 aliphatic rings. The lowest BCUT2D eigenvalue weighted by atomic mass is 9.44. The highest BCUT2D eigenvalue weighted by atomic mass is 19.1. The maximum absolute atomic E-state index is 16.8. The van der Waals surface area contributed by atoms with Gasteiger partial charge in [-0.25, -0.2) is 8.78 Å². The first-order valence-electron chi connectivity index (χ1n) is 9.93. The van der Waals surface area contributed by atoms with E-state index in [1.54, 1.807) is 0 Å². The number of Topliss-reactive ketones (excluding diaryl/α,β-unsaturated/α-hetero) is 1. The van der Waals surface area contributed by atoms with Crippen LogP contribution >= 0.6 is 0 Å². The third-order valence-electron chi connectivity index (χ3n) is 8.52. The topological polar surface area (TPSA) is 115 Å². The predicted octanol–water partition coefficient (Wildman–Crippen LogP) is 0.918. The second-order valence-corrected chi connectivity index (χ2v) is 9.45. The normalized spacial score (nSPS) is 51.5. The van der Waals surface area contributed by atoms with Crippen LogP contribution in [0.5, 0.6) is 0 Å². The number of rotatable bonds is 2. The summed E-state index contributed by atoms with van der Waals surface area (Å²) in [5.74, 6) is -4.35. The zero-order chi connectivity index (χ0) is 21.6. The van der Waals surface area contributed by atoms with E-state index in [2.05, 4.69) is 0 Å². The monoisotopic (exact) mass is 412 g/mol. The van der Waals surface area contributed by atoms with Gasteiger partial charge in [0.05, 0.1) is 12.2 Å². The van der Waals surface area contributed by atoms with Gasteiger partial charge in [0.25, 0.3) is 0 Å². The molecule has 3 fully saturated rings. The Bertz CT molecular complexity index is 854. The number of alkyl halides is 1. The molecule has 8 heteroatoms. The average Bonchev–Trinajstić information content (AvgIpc) is 2.87. The molecule has 3 saturated carbocycles. The molecular weight excluding hydrogens is 386 g/mol. The molecule has 0 heterocycles. The van der Waals surface area contributed by atoms with E-state index in [4.69, 9.17) is 0 Å². The summed E-state index contributed by atoms with van der Waals surface area (Å²) < 4.78 is 31.4. The number of halogens is 2. The fourth-order valence-corrected chi connectivity index (χ4v) is 6.93. The summed E-state index contributed by atoms with van der Waals surface area (Å²) in [7, 11) is 0. The van der Waals surface area contributed by atoms with Crippen LogP contribution in [0.4, 0.5) is 8.78 Å². The van der Waals surface area contributed by atoms with Gasteiger partial charge in [-0.15, -0.1) is 0 Å². The molecule has 0 radical (unpaired) electrons. The molecule has 0 bridgehead atoms. The summed E-state index contributed by atoms with van der Waals surface area (Å²) >= 11 is 0. The number of aliphatic hydroxyl groups is 4. The van der Waals surface area contributed by atoms with Gasteiger partial charge < -0.3 is 20.4 Å². The number of hydrogen-bond donors (Lipinski definition) is 4. The molecule has 4 rings (SSSR count). The van der Waals surface area contributed by atoms with Gasteiger partial charge in [0, 0.05) is 16.7 Å². The predicted molar refractivity (Wildman–Crippen MR) is 96.8 cm³/mol. The number of hydrogen-bond acceptors (Lipinski definition) is 6. The SMILES string of the molecule is C[C@]12C=CC(=O)C(F)=C1CC[C@H]1[C@@H]3C[C@@H](O)[C@](O)(C(=O)CO)[C@@]3(C)C[C@H](O)[C@@]12F. The second kappa shape index (κ2) is 6.03. The highest BCUT2D eigenvalue weighted by Gasteiger charge is 2.76. The van der Waals surface area contributed by atoms with Crippen LogP contribution in [-0.4, -0.2) is 62.1 Å². The van der Waals surface area contributed by atoms with Crippen molar-refractivity contribution in [2.24, 2.45) is 22.7 Å². The van der Waals surface area contributed by atoms with Crippen LogP contribution in [0.15, 0.2) is 23.6 Å². The number of ketones is 2. The van der Waals surface area contributed by atoms with Crippen molar-refractivity contribution in [2.45, 2.75) is 63.0 Å². The zero-order valence-corrected chi connectivity index (χ0v) is 16.4. The van der Waals surface area contributed by atoms with Gasteiger partial charge >= 0.3 is 0 Å². The lowest BCUT2D eigenvalue weighted by molar-refractivity contribution is -0.222. The Hall–Kier alpha value is -1.48. The minimum Gasteiger partial charge on any atom is -0.390 e. The van der Waals surface area contributed by atoms with E-state index in [1.807, 2.05) is 0 Å². The molecule has 0 aromatic carbocycles. The standard InChI is InChI=1S/C21H26F2O6/c1-18-6-5-13(25)17(22)11(18)4-3-10-12-7-14(26)21(29,16(28)9-24)19(12,2)8-15(27)20(10,18)23/h5-6,10,12,14-15,24,26-27,29H,3-4,7-9H2,1-2H3/t10-,12-,14+,15-,18-,19-,20-,21-/m0/s1. The summed E-state index contributed by atoms with van der Waals surface area (Å²) in [5.41, 5.74) is -7.55. The van der Waals surface area contributed by atoms with Gasteiger partial charge in [0.15, 0.2) is 22.9 Å². The van der Waals surface area contributed by atoms with Crippen molar-refractivity contribution < 1.29 is 38.8 Å². The van der Waals surface area contributed by atoms with Gasteiger partial charge in [-0.2, -0.15) is 0 Å². The third-order valence-corrected chi connectivity index (χ3v) is 8.52. The molecule has 0 spiro atoms. The van der Waals surface area contributed by atoms with Gasteiger partial charge in [0.1, 0.15) is 6.61 Å². The van der Waals surface area contributed by atoms with E-state index < -0.39 is 70.1 Å². The van der Waals surface area contributed by atoms with E-state index >= 15 is 4.39 Å². The van der Waals surface area contributed by atoms with E-state index in [9.17, 15) is 34.4 Å². The van der Waals surface area contributed by atoms with Crippen molar-refractivity contribution in [1.29, 1.82) is 0 Å². The molecule has 4 aliphatic carbocycles. The van der Waals surface area contributed by atoms with Crippen molar-refractivity contribution in [3.63, 3.8) is 0 Å². The van der Waals surface area contributed by atoms with Gasteiger partial charge in [-0.3, -0.25) is 9.59 Å². The largest absolute Gasteiger partial charge is 0.390 e. The lowest BCUT2D eigenvalue weighted by Gasteiger charge is -2.62. The molecule has 0 aromatic rings. The molecule has 0 saturated heterocycles. The van der Waals surface area contributed by atoms with Gasteiger partial charge in [-0.05, 0) is 50.2 Å². The first-order valence-corrected chi connectivity index (χ1v) is 9.93. The van der Waals surface area contributed by atoms with Crippen LogP contribution < -0.4 is 0 Å². The van der Waals surface area contributed by atoms with Crippen molar-refractivity contribution in [3.8, 4) is 0 Å². The maximum Gasteiger partial charge on any atom is 0.213 e. The van der Waals surface area contributed by atoms with Crippen LogP contribution in [0, 0.1) is 22.7 Å². The molecule has 160 valence electrons. The highest BCUT2D eigenvalue weighted by molar-refractivity contribution is 6.04. The second-order valence-electron chi connectivity index (χ2n) is 9.45. The van der Waals surface area contributed by atoms with Crippen molar-refractivity contribution in [2.75, 3.05) is 6.61 Å². The van der Waals surface area contributed by atoms with Crippen molar-refractivity contribution in [1.82, 2.24) is 0 Å². The Labute approximate surface area is 166 Å². The number of fused-ring (bicyclic) bond motifs is 5. The van der Waals surface area contributed by atoms with Crippen LogP contribution in [-0.2, 0) is 9.59 Å². The fraction of sp³-hybridized carbons (Fsp3) is 0.714. The number of carbonyl (C=O) groups is 2. The summed E-state index contributed by atoms with van der Waals surface area (Å²) in [6, 6.07) is 0. The molecule has 6 nitrogen and oxygen atoms in total. The van der Waals surface area contributed by atoms with E-state index in [0.29, 0.717) is 0 Å². The zero-order valence-electron chi connectivity index (χ0n) is 16.4. The summed E-state index contributed by atoms with van der Waals surface area (Å²) in [6.45, 7) is 2.00. The van der Waals surface area contributed by atoms with Gasteiger partial charge in [-0.1, -0.05) is 13.0 Å². The van der Waals surface area contributed by atoms with E-state index in [-0.39, 0.29) is 31.3 Å². The molecular formula is C21H26F2O6. The summed E-state index contributed by atoms with van der Waals surface area (Å²) in [6.07, 6.45) is -1.14. The molecule has 4 N–H and O–H groups in total. The molecule has 0 aromatic heterocycles. The summed E-state index contributed by atoms with van der Waals surface area (Å²) in [5, 5.41) is 42.0. The molecule has 29 heavy (non-hydrogen) atoms. The molecule has 0 unspecified atom stereocenters. The van der Waals surface area contributed by atoms with Gasteiger partial charge in [0.2, 0.25) is 5.78 Å². The molecule has 0 aliphatic heterocycles. The first kappa shape index (κ1) is 20.8. The van der Waals surface area contributed by atoms with Crippen molar-refractivity contribution >= 4 is 11.6 Å². The van der Waals surface area contributed by atoms with Crippen LogP contribution in [0.2, 0.25) is 0 Å². The maximum atomic E-state index is 16.8. The lowest BCUT2D eigenvalue weighted by Crippen LogP contribution is -2.69. The number of carbonyl (C=O) groups excluding carboxylic acids is 2. The van der Waals surface area contributed by atoms with E-state index in [0.717, 1.165) is 6.08 Å². The minimum atomic E-state index is -2.34. The Morgan fingerprint density at radius 1 is 1.24 bits per heavy atom. The van der Waals surface area contributed by atoms with E-state index in [1.165, 1.54) is 19.9 Å². The third kappa shape index (κ3) is 2.13. The smallest absolute Gasteiger partial charge is 0.213 e. The first-order chi connectivity index (χ1) is 13.4. The number of aliphatic hydroxyl groups excluding tert-OH is 3. The summed E-state index contributed by atoms with van der Waals surface area (Å²) in [4.78, 5) is 24.2. The van der Waals surface area contributed by atoms with Crippen LogP contribution in [0.3, 0.4) is 0 Å². The number of allylic oxidation sites excluding steroid dienone is 4. The Balaban J connectivity index is 1.86. The Kier molecular flexibility index (Phi) is 4.32. The Morgan fingerprint density at radius 2 is 1.90 bits per heavy atom. The van der Waals surface area contributed by atoms with Crippen LogP contribution in [0.1, 0.15) is 39.5 Å². The Morgan fingerprint density at radius 3 is 2.52 bits per heavy atom. The minimum absolute atomic E-state index is 0.0200. The quantitative estimate of drug-likeness (QED) is 0.536. The van der Waals surface area contributed by atoms with Crippen LogP contribution in [0.25, 0.3) is 0 Å². The highest BCUT2D eigenvalue weighted by Crippen LogP contribution is 2.70. The fourth-order valence-electron chi connectivity index (χ4n) is 6.93.